The predicted octanol–water partition coefficient (Wildman–Crippen LogP) is 3.20. The predicted molar refractivity (Wildman–Crippen MR) is 43.2 cm³/mol. The lowest BCUT2D eigenvalue weighted by molar-refractivity contribution is 0.695. The van der Waals surface area contributed by atoms with E-state index in [1.54, 1.807) is 0 Å². The van der Waals surface area contributed by atoms with E-state index >= 15 is 0 Å². The molecule has 0 heteroatoms. The van der Waals surface area contributed by atoms with E-state index in [-0.39, 0.29) is 0 Å². The van der Waals surface area contributed by atoms with Crippen molar-refractivity contribution in [3.63, 3.8) is 0 Å². The molecule has 9 heavy (non-hydrogen) atoms. The van der Waals surface area contributed by atoms with E-state index in [4.69, 9.17) is 0 Å². The van der Waals surface area contributed by atoms with Crippen LogP contribution in [0.3, 0.4) is 0 Å². The van der Waals surface area contributed by atoms with Crippen molar-refractivity contribution in [2.45, 2.75) is 33.1 Å². The number of allylic oxidation sites excluding steroid dienone is 2. The Bertz CT molecular complexity index is 72.1. The van der Waals surface area contributed by atoms with Crippen LogP contribution in [0.15, 0.2) is 12.2 Å². The van der Waals surface area contributed by atoms with Gasteiger partial charge in [0.15, 0.2) is 0 Å². The molecule has 0 spiro atoms. The zero-order valence-corrected chi connectivity index (χ0v) is 6.56. The molecule has 0 rings (SSSR count). The summed E-state index contributed by atoms with van der Waals surface area (Å²) in [5.74, 6) is 0.747. The van der Waals surface area contributed by atoms with Gasteiger partial charge in [0.2, 0.25) is 0 Å². The molecule has 0 aromatic rings. The molecule has 0 aliphatic rings. The van der Waals surface area contributed by atoms with Crippen LogP contribution in [0.25, 0.3) is 0 Å². The van der Waals surface area contributed by atoms with Gasteiger partial charge in [-0.2, -0.15) is 0 Å². The van der Waals surface area contributed by atoms with Gasteiger partial charge in [0.25, 0.3) is 0 Å². The van der Waals surface area contributed by atoms with Crippen LogP contribution in [0, 0.1) is 12.8 Å². The van der Waals surface area contributed by atoms with Gasteiger partial charge in [-0.1, -0.05) is 39.3 Å². The quantitative estimate of drug-likeness (QED) is 0.506. The van der Waals surface area contributed by atoms with Crippen LogP contribution < -0.4 is 0 Å². The maximum absolute atomic E-state index is 3.76. The van der Waals surface area contributed by atoms with Crippen molar-refractivity contribution >= 4 is 0 Å². The Morgan fingerprint density at radius 2 is 2.22 bits per heavy atom. The van der Waals surface area contributed by atoms with E-state index < -0.39 is 0 Å². The lowest BCUT2D eigenvalue weighted by Crippen LogP contribution is -1.83. The lowest BCUT2D eigenvalue weighted by atomic mass is 10.1. The number of hydrogen-bond donors (Lipinski definition) is 0. The third-order valence-corrected chi connectivity index (χ3v) is 1.48. The highest BCUT2D eigenvalue weighted by molar-refractivity contribution is 4.85. The molecule has 0 N–H and O–H groups in total. The maximum atomic E-state index is 3.76. The Balaban J connectivity index is 3.20. The number of unbranched alkanes of at least 4 members (excludes halogenated alkanes) is 1. The minimum Gasteiger partial charge on any atom is -0.0883 e. The zero-order chi connectivity index (χ0) is 7.11. The monoisotopic (exact) mass is 125 g/mol. The van der Waals surface area contributed by atoms with Crippen LogP contribution in [0.5, 0.6) is 0 Å². The molecule has 0 aliphatic carbocycles. The average Bonchev–Trinajstić information content (AvgIpc) is 1.89. The molecule has 1 unspecified atom stereocenters. The molecule has 0 saturated carbocycles. The fourth-order valence-corrected chi connectivity index (χ4v) is 0.582. The average molecular weight is 125 g/mol. The molecule has 0 aliphatic heterocycles. The first-order valence-corrected chi connectivity index (χ1v) is 3.77. The summed E-state index contributed by atoms with van der Waals surface area (Å²) in [5.41, 5.74) is 0. The van der Waals surface area contributed by atoms with Crippen LogP contribution >= 0.6 is 0 Å². The van der Waals surface area contributed by atoms with Gasteiger partial charge < -0.3 is 0 Å². The second-order valence-electron chi connectivity index (χ2n) is 2.46. The highest BCUT2D eigenvalue weighted by atomic mass is 13.9. The second kappa shape index (κ2) is 5.87. The lowest BCUT2D eigenvalue weighted by Gasteiger charge is -1.97. The van der Waals surface area contributed by atoms with Gasteiger partial charge in [0, 0.05) is 0 Å². The summed E-state index contributed by atoms with van der Waals surface area (Å²) in [6, 6.07) is 0. The van der Waals surface area contributed by atoms with E-state index in [1.165, 1.54) is 6.42 Å². The third kappa shape index (κ3) is 5.61. The molecular formula is C9H17. The standard InChI is InChI=1S/C9H17/c1-4-6-7-8-9(3)5-2/h7-9H,1,4-6H2,2-3H3. The summed E-state index contributed by atoms with van der Waals surface area (Å²) in [6.07, 6.45) is 7.89. The molecule has 0 heterocycles. The van der Waals surface area contributed by atoms with Crippen LogP contribution in [-0.4, -0.2) is 0 Å². The highest BCUT2D eigenvalue weighted by Gasteiger charge is 1.87. The minimum atomic E-state index is 0.747. The molecule has 0 aromatic carbocycles. The summed E-state index contributed by atoms with van der Waals surface area (Å²) in [7, 11) is 0. The van der Waals surface area contributed by atoms with Crippen LogP contribution in [0.1, 0.15) is 33.1 Å². The van der Waals surface area contributed by atoms with Crippen molar-refractivity contribution in [1.82, 2.24) is 0 Å². The van der Waals surface area contributed by atoms with Gasteiger partial charge in [0.1, 0.15) is 0 Å². The molecule has 0 amide bonds. The van der Waals surface area contributed by atoms with E-state index in [0.717, 1.165) is 18.8 Å². The molecule has 0 fully saturated rings. The second-order valence-corrected chi connectivity index (χ2v) is 2.46. The van der Waals surface area contributed by atoms with Crippen LogP contribution in [0.4, 0.5) is 0 Å². The molecule has 1 radical (unpaired) electrons. The van der Waals surface area contributed by atoms with Gasteiger partial charge >= 0.3 is 0 Å². The summed E-state index contributed by atoms with van der Waals surface area (Å²) in [6.45, 7) is 8.20. The Morgan fingerprint density at radius 1 is 1.56 bits per heavy atom. The van der Waals surface area contributed by atoms with Gasteiger partial charge in [-0.3, -0.25) is 0 Å². The third-order valence-electron chi connectivity index (χ3n) is 1.48. The number of rotatable bonds is 4. The summed E-state index contributed by atoms with van der Waals surface area (Å²) in [4.78, 5) is 0. The van der Waals surface area contributed by atoms with Gasteiger partial charge in [-0.15, -0.1) is 0 Å². The summed E-state index contributed by atoms with van der Waals surface area (Å²) in [5, 5.41) is 0. The fraction of sp³-hybridized carbons (Fsp3) is 0.667. The van der Waals surface area contributed by atoms with E-state index in [9.17, 15) is 0 Å². The molecule has 0 aromatic heterocycles. The van der Waals surface area contributed by atoms with Crippen LogP contribution in [-0.2, 0) is 0 Å². The Kier molecular flexibility index (Phi) is 5.70. The van der Waals surface area contributed by atoms with Crippen molar-refractivity contribution in [1.29, 1.82) is 0 Å². The smallest absolute Gasteiger partial charge is 0.0265 e. The fourth-order valence-electron chi connectivity index (χ4n) is 0.582. The highest BCUT2D eigenvalue weighted by Crippen LogP contribution is 2.02. The molecule has 0 bridgehead atoms. The normalized spacial score (nSPS) is 14.6. The van der Waals surface area contributed by atoms with Crippen molar-refractivity contribution in [2.75, 3.05) is 0 Å². The maximum Gasteiger partial charge on any atom is -0.0265 e. The van der Waals surface area contributed by atoms with Gasteiger partial charge in [-0.25, -0.2) is 0 Å². The van der Waals surface area contributed by atoms with E-state index in [1.807, 2.05) is 0 Å². The first kappa shape index (κ1) is 8.74. The Hall–Kier alpha value is -0.260. The number of hydrogen-bond acceptors (Lipinski definition) is 0. The first-order valence-electron chi connectivity index (χ1n) is 3.77. The van der Waals surface area contributed by atoms with Crippen molar-refractivity contribution in [3.8, 4) is 0 Å². The minimum absolute atomic E-state index is 0.747. The summed E-state index contributed by atoms with van der Waals surface area (Å²) >= 11 is 0. The zero-order valence-electron chi connectivity index (χ0n) is 6.56. The Morgan fingerprint density at radius 3 is 2.67 bits per heavy atom. The van der Waals surface area contributed by atoms with E-state index in [0.29, 0.717) is 0 Å². The topological polar surface area (TPSA) is 0 Å². The Labute approximate surface area is 59.0 Å². The van der Waals surface area contributed by atoms with Gasteiger partial charge in [-0.05, 0) is 18.8 Å². The largest absolute Gasteiger partial charge is 0.0883 e. The molecule has 0 nitrogen and oxygen atoms in total. The van der Waals surface area contributed by atoms with Crippen molar-refractivity contribution < 1.29 is 0 Å². The molecule has 1 atom stereocenters. The van der Waals surface area contributed by atoms with Crippen molar-refractivity contribution in [2.24, 2.45) is 5.92 Å². The molecule has 53 valence electrons. The van der Waals surface area contributed by atoms with Gasteiger partial charge in [0.05, 0.1) is 0 Å². The molecular weight excluding hydrogens is 108 g/mol. The summed E-state index contributed by atoms with van der Waals surface area (Å²) < 4.78 is 0. The van der Waals surface area contributed by atoms with Crippen LogP contribution in [0.2, 0.25) is 0 Å². The van der Waals surface area contributed by atoms with Crippen molar-refractivity contribution in [3.05, 3.63) is 19.1 Å². The molecule has 0 saturated heterocycles. The first-order chi connectivity index (χ1) is 4.31. The van der Waals surface area contributed by atoms with E-state index in [2.05, 4.69) is 32.9 Å². The SMILES string of the molecule is [CH2]CCC=CC(C)CC.